The van der Waals surface area contributed by atoms with Crippen molar-refractivity contribution in [1.29, 1.82) is 0 Å². The normalized spacial score (nSPS) is 20.1. The van der Waals surface area contributed by atoms with Crippen LogP contribution in [0.15, 0.2) is 6.07 Å². The molecule has 1 N–H and O–H groups in total. The molecule has 0 aromatic carbocycles. The molecule has 1 aromatic rings. The summed E-state index contributed by atoms with van der Waals surface area (Å²) in [6, 6.07) is 2.08. The van der Waals surface area contributed by atoms with Gasteiger partial charge in [0.25, 0.3) is 0 Å². The van der Waals surface area contributed by atoms with Crippen LogP contribution >= 0.6 is 0 Å². The zero-order valence-corrected chi connectivity index (χ0v) is 13.3. The predicted molar refractivity (Wildman–Crippen MR) is 85.5 cm³/mol. The minimum absolute atomic E-state index is 0.359. The Morgan fingerprint density at radius 3 is 2.75 bits per heavy atom. The third-order valence-electron chi connectivity index (χ3n) is 4.25. The van der Waals surface area contributed by atoms with Gasteiger partial charge in [-0.25, -0.2) is 9.97 Å². The van der Waals surface area contributed by atoms with Crippen LogP contribution in [0.4, 0.5) is 11.6 Å². The summed E-state index contributed by atoms with van der Waals surface area (Å²) in [6.45, 7) is 8.84. The molecular weight excluding hydrogens is 248 g/mol. The molecule has 4 nitrogen and oxygen atoms in total. The van der Waals surface area contributed by atoms with Crippen molar-refractivity contribution in [3.63, 3.8) is 0 Å². The molecule has 1 aliphatic heterocycles. The zero-order valence-electron chi connectivity index (χ0n) is 13.3. The van der Waals surface area contributed by atoms with E-state index in [-0.39, 0.29) is 0 Å². The van der Waals surface area contributed by atoms with Crippen molar-refractivity contribution in [3.05, 3.63) is 11.9 Å². The lowest BCUT2D eigenvalue weighted by Crippen LogP contribution is -2.26. The Bertz CT molecular complexity index is 430. The van der Waals surface area contributed by atoms with Gasteiger partial charge in [-0.3, -0.25) is 0 Å². The first-order valence-corrected chi connectivity index (χ1v) is 7.95. The van der Waals surface area contributed by atoms with Crippen LogP contribution in [0, 0.1) is 5.92 Å². The third-order valence-corrected chi connectivity index (χ3v) is 4.25. The average molecular weight is 276 g/mol. The molecule has 1 aliphatic rings. The highest BCUT2D eigenvalue weighted by molar-refractivity contribution is 5.49. The highest BCUT2D eigenvalue weighted by atomic mass is 15.2. The van der Waals surface area contributed by atoms with E-state index in [0.717, 1.165) is 36.5 Å². The van der Waals surface area contributed by atoms with E-state index in [1.807, 2.05) is 7.05 Å². The summed E-state index contributed by atoms with van der Waals surface area (Å²) >= 11 is 0. The number of nitrogens with one attached hydrogen (secondary N) is 1. The minimum Gasteiger partial charge on any atom is -0.373 e. The molecule has 0 spiro atoms. The lowest BCUT2D eigenvalue weighted by Gasteiger charge is -2.23. The van der Waals surface area contributed by atoms with Crippen molar-refractivity contribution in [2.75, 3.05) is 30.4 Å². The smallest absolute Gasteiger partial charge is 0.135 e. The highest BCUT2D eigenvalue weighted by Gasteiger charge is 2.18. The second kappa shape index (κ2) is 6.91. The van der Waals surface area contributed by atoms with E-state index >= 15 is 0 Å². The summed E-state index contributed by atoms with van der Waals surface area (Å²) < 4.78 is 0. The second-order valence-electron chi connectivity index (χ2n) is 6.07. The molecule has 1 aromatic heterocycles. The van der Waals surface area contributed by atoms with E-state index in [4.69, 9.17) is 4.98 Å². The number of aromatic nitrogens is 2. The van der Waals surface area contributed by atoms with Crippen LogP contribution in [-0.4, -0.2) is 30.1 Å². The van der Waals surface area contributed by atoms with Crippen LogP contribution in [0.2, 0.25) is 0 Å². The average Bonchev–Trinajstić information content (AvgIpc) is 2.72. The second-order valence-corrected chi connectivity index (χ2v) is 6.07. The number of anilines is 2. The van der Waals surface area contributed by atoms with E-state index in [1.54, 1.807) is 0 Å². The van der Waals surface area contributed by atoms with Gasteiger partial charge in [-0.1, -0.05) is 27.2 Å². The maximum absolute atomic E-state index is 4.77. The lowest BCUT2D eigenvalue weighted by atomic mass is 9.98. The fourth-order valence-corrected chi connectivity index (χ4v) is 2.80. The number of nitrogens with zero attached hydrogens (tertiary/aromatic N) is 3. The first-order chi connectivity index (χ1) is 9.63. The molecule has 2 heterocycles. The van der Waals surface area contributed by atoms with Gasteiger partial charge in [-0.2, -0.15) is 0 Å². The van der Waals surface area contributed by atoms with Crippen molar-refractivity contribution in [2.24, 2.45) is 5.92 Å². The van der Waals surface area contributed by atoms with Crippen molar-refractivity contribution in [3.8, 4) is 0 Å². The molecule has 0 radical (unpaired) electrons. The molecule has 20 heavy (non-hydrogen) atoms. The number of hydrogen-bond donors (Lipinski definition) is 1. The van der Waals surface area contributed by atoms with Crippen LogP contribution in [-0.2, 0) is 0 Å². The van der Waals surface area contributed by atoms with Gasteiger partial charge in [0.05, 0.1) is 0 Å². The summed E-state index contributed by atoms with van der Waals surface area (Å²) in [5, 5.41) is 3.16. The standard InChI is InChI=1S/C16H28N4/c1-5-13-7-6-9-20(10-8-13)15-11-14(17-4)18-16(19-15)12(2)3/h11-13H,5-10H2,1-4H3,(H,17,18,19). The fourth-order valence-electron chi connectivity index (χ4n) is 2.80. The topological polar surface area (TPSA) is 41.0 Å². The summed E-state index contributed by atoms with van der Waals surface area (Å²) in [4.78, 5) is 11.8. The summed E-state index contributed by atoms with van der Waals surface area (Å²) in [5.41, 5.74) is 0. The van der Waals surface area contributed by atoms with Crippen molar-refractivity contribution < 1.29 is 0 Å². The van der Waals surface area contributed by atoms with E-state index in [1.165, 1.54) is 25.7 Å². The number of hydrogen-bond acceptors (Lipinski definition) is 4. The van der Waals surface area contributed by atoms with Crippen molar-refractivity contribution in [1.82, 2.24) is 9.97 Å². The van der Waals surface area contributed by atoms with Gasteiger partial charge < -0.3 is 10.2 Å². The molecule has 0 bridgehead atoms. The molecule has 1 unspecified atom stereocenters. The van der Waals surface area contributed by atoms with E-state index in [9.17, 15) is 0 Å². The summed E-state index contributed by atoms with van der Waals surface area (Å²) in [5.74, 6) is 4.19. The monoisotopic (exact) mass is 276 g/mol. The fraction of sp³-hybridized carbons (Fsp3) is 0.750. The van der Waals surface area contributed by atoms with Crippen LogP contribution in [0.5, 0.6) is 0 Å². The lowest BCUT2D eigenvalue weighted by molar-refractivity contribution is 0.459. The van der Waals surface area contributed by atoms with E-state index in [0.29, 0.717) is 5.92 Å². The molecule has 0 saturated carbocycles. The Hall–Kier alpha value is -1.32. The minimum atomic E-state index is 0.359. The SMILES string of the molecule is CCC1CCCN(c2cc(NC)nc(C(C)C)n2)CC1. The molecule has 4 heteroatoms. The van der Waals surface area contributed by atoms with Crippen LogP contribution in [0.25, 0.3) is 0 Å². The first kappa shape index (κ1) is 15.1. The maximum Gasteiger partial charge on any atom is 0.135 e. The van der Waals surface area contributed by atoms with Crippen molar-refractivity contribution in [2.45, 2.75) is 52.4 Å². The third kappa shape index (κ3) is 3.62. The predicted octanol–water partition coefficient (Wildman–Crippen LogP) is 3.66. The number of rotatable bonds is 4. The Kier molecular flexibility index (Phi) is 5.21. The first-order valence-electron chi connectivity index (χ1n) is 7.95. The molecular formula is C16H28N4. The quantitative estimate of drug-likeness (QED) is 0.911. The van der Waals surface area contributed by atoms with Crippen LogP contribution < -0.4 is 10.2 Å². The van der Waals surface area contributed by atoms with Crippen LogP contribution in [0.3, 0.4) is 0 Å². The van der Waals surface area contributed by atoms with E-state index in [2.05, 4.69) is 42.0 Å². The highest BCUT2D eigenvalue weighted by Crippen LogP contribution is 2.25. The largest absolute Gasteiger partial charge is 0.373 e. The Balaban J connectivity index is 2.20. The van der Waals surface area contributed by atoms with Gasteiger partial charge in [0.1, 0.15) is 17.5 Å². The van der Waals surface area contributed by atoms with Crippen LogP contribution in [0.1, 0.15) is 58.2 Å². The molecule has 1 saturated heterocycles. The Morgan fingerprint density at radius 1 is 1.30 bits per heavy atom. The van der Waals surface area contributed by atoms with Gasteiger partial charge in [-0.15, -0.1) is 0 Å². The summed E-state index contributed by atoms with van der Waals surface area (Å²) in [6.07, 6.45) is 5.21. The zero-order chi connectivity index (χ0) is 14.5. The van der Waals surface area contributed by atoms with Gasteiger partial charge in [0.15, 0.2) is 0 Å². The van der Waals surface area contributed by atoms with Gasteiger partial charge in [0.2, 0.25) is 0 Å². The maximum atomic E-state index is 4.77. The molecule has 1 atom stereocenters. The summed E-state index contributed by atoms with van der Waals surface area (Å²) in [7, 11) is 1.92. The molecule has 2 rings (SSSR count). The van der Waals surface area contributed by atoms with E-state index < -0.39 is 0 Å². The van der Waals surface area contributed by atoms with Gasteiger partial charge in [-0.05, 0) is 25.2 Å². The molecule has 0 amide bonds. The molecule has 0 aliphatic carbocycles. The Morgan fingerprint density at radius 2 is 2.10 bits per heavy atom. The molecule has 1 fully saturated rings. The van der Waals surface area contributed by atoms with Gasteiger partial charge >= 0.3 is 0 Å². The van der Waals surface area contributed by atoms with Gasteiger partial charge in [0, 0.05) is 32.1 Å². The Labute approximate surface area is 123 Å². The molecule has 112 valence electrons. The van der Waals surface area contributed by atoms with Crippen molar-refractivity contribution >= 4 is 11.6 Å².